The number of benzene rings is 2. The molecule has 4 aromatic rings. The first-order valence-corrected chi connectivity index (χ1v) is 10.4. The number of hydrogen-bond acceptors (Lipinski definition) is 7. The lowest BCUT2D eigenvalue weighted by atomic mass is 10.1. The summed E-state index contributed by atoms with van der Waals surface area (Å²) in [5.74, 6) is 1.31. The number of nitrogens with zero attached hydrogens (tertiary/aromatic N) is 6. The van der Waals surface area contributed by atoms with Crippen LogP contribution in [0.15, 0.2) is 65.3 Å². The van der Waals surface area contributed by atoms with Gasteiger partial charge in [-0.2, -0.15) is 0 Å². The third-order valence-electron chi connectivity index (χ3n) is 5.53. The molecule has 162 valence electrons. The minimum Gasteiger partial charge on any atom is -0.442 e. The van der Waals surface area contributed by atoms with Gasteiger partial charge in [-0.3, -0.25) is 4.79 Å². The highest BCUT2D eigenvalue weighted by molar-refractivity contribution is 5.94. The van der Waals surface area contributed by atoms with Crippen LogP contribution in [0.5, 0.6) is 0 Å². The lowest BCUT2D eigenvalue weighted by molar-refractivity contribution is 0.0727. The maximum absolute atomic E-state index is 13.1. The second-order valence-corrected chi connectivity index (χ2v) is 7.63. The van der Waals surface area contributed by atoms with E-state index >= 15 is 0 Å². The van der Waals surface area contributed by atoms with E-state index in [0.717, 1.165) is 22.6 Å². The van der Waals surface area contributed by atoms with E-state index in [4.69, 9.17) is 9.15 Å². The topological polar surface area (TPSA) is 99.2 Å². The molecular weight excluding hydrogens is 408 g/mol. The summed E-state index contributed by atoms with van der Waals surface area (Å²) < 4.78 is 13.3. The van der Waals surface area contributed by atoms with Crippen LogP contribution in [0, 0.1) is 0 Å². The number of carbonyl (C=O) groups excluding carboxylic acids is 1. The quantitative estimate of drug-likeness (QED) is 0.464. The Morgan fingerprint density at radius 3 is 2.69 bits per heavy atom. The smallest absolute Gasteiger partial charge is 0.254 e. The second-order valence-electron chi connectivity index (χ2n) is 7.63. The third kappa shape index (κ3) is 4.02. The maximum Gasteiger partial charge on any atom is 0.254 e. The van der Waals surface area contributed by atoms with Crippen molar-refractivity contribution in [3.8, 4) is 0 Å². The fraction of sp³-hybridized carbons (Fsp3) is 0.261. The molecule has 1 aliphatic rings. The number of tetrazole rings is 1. The molecule has 1 aliphatic heterocycles. The van der Waals surface area contributed by atoms with Gasteiger partial charge in [0.25, 0.3) is 5.91 Å². The van der Waals surface area contributed by atoms with Crippen LogP contribution in [0.2, 0.25) is 0 Å². The molecule has 9 nitrogen and oxygen atoms in total. The average molecular weight is 430 g/mol. The van der Waals surface area contributed by atoms with Gasteiger partial charge in [0.1, 0.15) is 17.8 Å². The van der Waals surface area contributed by atoms with E-state index in [-0.39, 0.29) is 12.0 Å². The molecule has 0 spiro atoms. The van der Waals surface area contributed by atoms with Crippen LogP contribution >= 0.6 is 0 Å². The molecule has 2 aromatic carbocycles. The zero-order valence-corrected chi connectivity index (χ0v) is 17.6. The predicted molar refractivity (Wildman–Crippen MR) is 114 cm³/mol. The number of oxazole rings is 1. The number of amides is 1. The van der Waals surface area contributed by atoms with E-state index in [1.54, 1.807) is 23.0 Å². The standard InChI is InChI=1S/C23H22N6O3/c1-31-21(17-5-3-2-4-6-17)22-25-19-14-28(12-11-20(19)32-22)23(30)18-9-7-16(8-10-18)13-29-15-24-26-27-29/h2-10,15,21H,11-14H2,1H3. The Morgan fingerprint density at radius 1 is 1.16 bits per heavy atom. The molecule has 0 saturated heterocycles. The summed E-state index contributed by atoms with van der Waals surface area (Å²) in [6, 6.07) is 17.3. The number of methoxy groups -OCH3 is 1. The van der Waals surface area contributed by atoms with Crippen molar-refractivity contribution >= 4 is 5.91 Å². The van der Waals surface area contributed by atoms with E-state index in [1.165, 1.54) is 0 Å². The van der Waals surface area contributed by atoms with Gasteiger partial charge in [-0.25, -0.2) is 9.67 Å². The molecule has 0 N–H and O–H groups in total. The van der Waals surface area contributed by atoms with Gasteiger partial charge in [-0.1, -0.05) is 42.5 Å². The molecule has 0 fully saturated rings. The highest BCUT2D eigenvalue weighted by Crippen LogP contribution is 2.29. The zero-order chi connectivity index (χ0) is 21.9. The average Bonchev–Trinajstić information content (AvgIpc) is 3.49. The first-order valence-electron chi connectivity index (χ1n) is 10.4. The number of carbonyl (C=O) groups is 1. The first-order chi connectivity index (χ1) is 15.7. The zero-order valence-electron chi connectivity index (χ0n) is 17.6. The van der Waals surface area contributed by atoms with Gasteiger partial charge in [-0.15, -0.1) is 5.10 Å². The normalized spacial score (nSPS) is 14.2. The molecule has 5 rings (SSSR count). The fourth-order valence-electron chi connectivity index (χ4n) is 3.89. The summed E-state index contributed by atoms with van der Waals surface area (Å²) in [6.07, 6.45) is 1.80. The Bertz CT molecular complexity index is 1190. The Balaban J connectivity index is 1.29. The van der Waals surface area contributed by atoms with Crippen molar-refractivity contribution in [3.63, 3.8) is 0 Å². The molecule has 0 bridgehead atoms. The van der Waals surface area contributed by atoms with Crippen LogP contribution in [0.1, 0.15) is 44.9 Å². The molecule has 2 aromatic heterocycles. The second kappa shape index (κ2) is 8.72. The molecule has 0 radical (unpaired) electrons. The van der Waals surface area contributed by atoms with Gasteiger partial charge in [0.15, 0.2) is 6.10 Å². The van der Waals surface area contributed by atoms with Gasteiger partial charge in [0.05, 0.1) is 13.1 Å². The molecule has 32 heavy (non-hydrogen) atoms. The lowest BCUT2D eigenvalue weighted by Gasteiger charge is -2.25. The van der Waals surface area contributed by atoms with Gasteiger partial charge < -0.3 is 14.1 Å². The van der Waals surface area contributed by atoms with Crippen LogP contribution < -0.4 is 0 Å². The highest BCUT2D eigenvalue weighted by Gasteiger charge is 2.29. The molecule has 9 heteroatoms. The van der Waals surface area contributed by atoms with Crippen molar-refractivity contribution < 1.29 is 13.9 Å². The van der Waals surface area contributed by atoms with Crippen molar-refractivity contribution in [1.29, 1.82) is 0 Å². The Morgan fingerprint density at radius 2 is 1.97 bits per heavy atom. The summed E-state index contributed by atoms with van der Waals surface area (Å²) in [5.41, 5.74) is 3.41. The Labute approximate surface area is 184 Å². The molecule has 1 unspecified atom stereocenters. The fourth-order valence-corrected chi connectivity index (χ4v) is 3.89. The predicted octanol–water partition coefficient (Wildman–Crippen LogP) is 2.64. The molecule has 0 aliphatic carbocycles. The van der Waals surface area contributed by atoms with Crippen LogP contribution in [-0.4, -0.2) is 49.7 Å². The van der Waals surface area contributed by atoms with E-state index in [0.29, 0.717) is 37.5 Å². The summed E-state index contributed by atoms with van der Waals surface area (Å²) in [4.78, 5) is 19.5. The number of ether oxygens (including phenoxy) is 1. The van der Waals surface area contributed by atoms with Crippen molar-refractivity contribution in [2.45, 2.75) is 25.6 Å². The largest absolute Gasteiger partial charge is 0.442 e. The van der Waals surface area contributed by atoms with Gasteiger partial charge in [0, 0.05) is 25.6 Å². The van der Waals surface area contributed by atoms with Crippen molar-refractivity contribution in [2.24, 2.45) is 0 Å². The van der Waals surface area contributed by atoms with Crippen LogP contribution in [0.3, 0.4) is 0 Å². The molecule has 3 heterocycles. The summed E-state index contributed by atoms with van der Waals surface area (Å²) in [5, 5.41) is 11.1. The van der Waals surface area contributed by atoms with Crippen LogP contribution in [-0.2, 0) is 24.2 Å². The van der Waals surface area contributed by atoms with Crippen molar-refractivity contribution in [2.75, 3.05) is 13.7 Å². The summed E-state index contributed by atoms with van der Waals surface area (Å²) in [6.45, 7) is 1.55. The summed E-state index contributed by atoms with van der Waals surface area (Å²) in [7, 11) is 1.64. The summed E-state index contributed by atoms with van der Waals surface area (Å²) >= 11 is 0. The van der Waals surface area contributed by atoms with Crippen LogP contribution in [0.4, 0.5) is 0 Å². The SMILES string of the molecule is COC(c1ccccc1)c1nc2c(o1)CCN(C(=O)c1ccc(Cn3cnnn3)cc1)C2. The van der Waals surface area contributed by atoms with Crippen LogP contribution in [0.25, 0.3) is 0 Å². The minimum atomic E-state index is -0.376. The monoisotopic (exact) mass is 430 g/mol. The first kappa shape index (κ1) is 20.1. The number of aromatic nitrogens is 5. The van der Waals surface area contributed by atoms with Gasteiger partial charge >= 0.3 is 0 Å². The van der Waals surface area contributed by atoms with E-state index in [1.807, 2.05) is 54.6 Å². The van der Waals surface area contributed by atoms with Gasteiger partial charge in [-0.05, 0) is 33.7 Å². The number of hydrogen-bond donors (Lipinski definition) is 0. The van der Waals surface area contributed by atoms with E-state index in [9.17, 15) is 4.79 Å². The molecule has 1 atom stereocenters. The lowest BCUT2D eigenvalue weighted by Crippen LogP contribution is -2.35. The molecule has 0 saturated carbocycles. The third-order valence-corrected chi connectivity index (χ3v) is 5.53. The minimum absolute atomic E-state index is 0.0273. The van der Waals surface area contributed by atoms with E-state index in [2.05, 4.69) is 20.5 Å². The molecular formula is C23H22N6O3. The Kier molecular flexibility index (Phi) is 5.47. The van der Waals surface area contributed by atoms with Crippen molar-refractivity contribution in [3.05, 3.63) is 95.0 Å². The van der Waals surface area contributed by atoms with Crippen molar-refractivity contribution in [1.82, 2.24) is 30.1 Å². The maximum atomic E-state index is 13.1. The number of fused-ring (bicyclic) bond motifs is 1. The highest BCUT2D eigenvalue weighted by atomic mass is 16.5. The number of rotatable bonds is 6. The van der Waals surface area contributed by atoms with E-state index < -0.39 is 0 Å². The molecule has 1 amide bonds. The Hall–Kier alpha value is -3.85. The van der Waals surface area contributed by atoms with Gasteiger partial charge in [0.2, 0.25) is 5.89 Å².